The topological polar surface area (TPSA) is 53.2 Å². The quantitative estimate of drug-likeness (QED) is 0.905. The smallest absolute Gasteiger partial charge is 0.266 e. The summed E-state index contributed by atoms with van der Waals surface area (Å²) in [6, 6.07) is 11.8. The molecule has 4 nitrogen and oxygen atoms in total. The van der Waals surface area contributed by atoms with Crippen molar-refractivity contribution in [3.8, 4) is 0 Å². The number of amides is 1. The number of carbonyl (C=O) groups excluding carboxylic acids is 1. The highest BCUT2D eigenvalue weighted by Gasteiger charge is 2.23. The summed E-state index contributed by atoms with van der Waals surface area (Å²) < 4.78 is 0. The van der Waals surface area contributed by atoms with Crippen molar-refractivity contribution in [2.45, 2.75) is 11.7 Å². The van der Waals surface area contributed by atoms with E-state index in [1.807, 2.05) is 34.9 Å². The normalized spacial score (nSPS) is 18.5. The fraction of sp³-hybridized carbons (Fsp3) is 0.294. The van der Waals surface area contributed by atoms with Crippen LogP contribution in [0.4, 0.5) is 0 Å². The van der Waals surface area contributed by atoms with Crippen LogP contribution in [0.1, 0.15) is 27.6 Å². The number of aromatic nitrogens is 1. The summed E-state index contributed by atoms with van der Waals surface area (Å²) in [5.41, 5.74) is 1.36. The Morgan fingerprint density at radius 1 is 1.26 bits per heavy atom. The first-order chi connectivity index (χ1) is 11.1. The van der Waals surface area contributed by atoms with Gasteiger partial charge in [0.05, 0.1) is 5.56 Å². The fourth-order valence-corrected chi connectivity index (χ4v) is 4.07. The first-order valence-electron chi connectivity index (χ1n) is 7.49. The molecular weight excluding hydrogens is 332 g/mol. The Morgan fingerprint density at radius 3 is 2.78 bits per heavy atom. The Hall–Kier alpha value is -1.72. The summed E-state index contributed by atoms with van der Waals surface area (Å²) in [5.74, 6) is 0.806. The maximum absolute atomic E-state index is 12.6. The fourth-order valence-electron chi connectivity index (χ4n) is 2.67. The van der Waals surface area contributed by atoms with Gasteiger partial charge in [0.25, 0.3) is 11.5 Å². The molecule has 3 rings (SSSR count). The molecule has 0 spiro atoms. The van der Waals surface area contributed by atoms with Gasteiger partial charge in [-0.1, -0.05) is 41.9 Å². The molecular formula is C17H17ClN2O2S. The van der Waals surface area contributed by atoms with Crippen LogP contribution in [0.25, 0.3) is 0 Å². The van der Waals surface area contributed by atoms with Crippen LogP contribution >= 0.6 is 23.4 Å². The molecule has 6 heteroatoms. The molecule has 1 aromatic heterocycles. The van der Waals surface area contributed by atoms with E-state index >= 15 is 0 Å². The van der Waals surface area contributed by atoms with Crippen molar-refractivity contribution in [1.82, 2.24) is 9.88 Å². The zero-order valence-corrected chi connectivity index (χ0v) is 14.1. The number of halogens is 1. The van der Waals surface area contributed by atoms with Gasteiger partial charge in [0.15, 0.2) is 0 Å². The molecule has 1 N–H and O–H groups in total. The number of nitrogens with one attached hydrogen (secondary N) is 1. The number of nitrogens with zero attached hydrogens (tertiary/aromatic N) is 1. The number of hydrogen-bond acceptors (Lipinski definition) is 3. The van der Waals surface area contributed by atoms with Crippen LogP contribution in [-0.4, -0.2) is 34.6 Å². The Kier molecular flexibility index (Phi) is 5.08. The Morgan fingerprint density at radius 2 is 2.04 bits per heavy atom. The number of H-pyrrole nitrogens is 1. The summed E-state index contributed by atoms with van der Waals surface area (Å²) in [7, 11) is 0. The van der Waals surface area contributed by atoms with Crippen LogP contribution in [-0.2, 0) is 0 Å². The molecule has 23 heavy (non-hydrogen) atoms. The largest absolute Gasteiger partial charge is 0.338 e. The van der Waals surface area contributed by atoms with Crippen molar-refractivity contribution in [2.24, 2.45) is 0 Å². The van der Waals surface area contributed by atoms with Gasteiger partial charge in [-0.3, -0.25) is 9.59 Å². The van der Waals surface area contributed by atoms with Gasteiger partial charge in [0, 0.05) is 30.3 Å². The van der Waals surface area contributed by atoms with Gasteiger partial charge in [-0.15, -0.1) is 0 Å². The lowest BCUT2D eigenvalue weighted by Crippen LogP contribution is -2.33. The first kappa shape index (κ1) is 16.1. The van der Waals surface area contributed by atoms with Crippen molar-refractivity contribution in [3.63, 3.8) is 0 Å². The number of pyridine rings is 1. The Labute approximate surface area is 143 Å². The van der Waals surface area contributed by atoms with E-state index in [0.717, 1.165) is 12.2 Å². The number of rotatable bonds is 2. The lowest BCUT2D eigenvalue weighted by Gasteiger charge is -2.20. The lowest BCUT2D eigenvalue weighted by molar-refractivity contribution is 0.0766. The van der Waals surface area contributed by atoms with Crippen molar-refractivity contribution >= 4 is 29.3 Å². The Balaban J connectivity index is 1.71. The van der Waals surface area contributed by atoms with E-state index in [0.29, 0.717) is 23.9 Å². The highest BCUT2D eigenvalue weighted by molar-refractivity contribution is 7.99. The van der Waals surface area contributed by atoms with E-state index in [1.54, 1.807) is 0 Å². The minimum absolute atomic E-state index is 0.0437. The van der Waals surface area contributed by atoms with Gasteiger partial charge < -0.3 is 9.88 Å². The summed E-state index contributed by atoms with van der Waals surface area (Å²) in [4.78, 5) is 28.2. The van der Waals surface area contributed by atoms with E-state index in [-0.39, 0.29) is 16.5 Å². The van der Waals surface area contributed by atoms with E-state index in [9.17, 15) is 9.59 Å². The molecule has 0 unspecified atom stereocenters. The maximum atomic E-state index is 12.6. The van der Waals surface area contributed by atoms with Gasteiger partial charge in [-0.05, 0) is 18.1 Å². The molecule has 1 saturated heterocycles. The van der Waals surface area contributed by atoms with Gasteiger partial charge in [-0.2, -0.15) is 11.8 Å². The van der Waals surface area contributed by atoms with Crippen LogP contribution in [0.5, 0.6) is 0 Å². The summed E-state index contributed by atoms with van der Waals surface area (Å²) >= 11 is 7.69. The maximum Gasteiger partial charge on any atom is 0.266 e. The van der Waals surface area contributed by atoms with Crippen LogP contribution in [0.2, 0.25) is 5.02 Å². The van der Waals surface area contributed by atoms with Crippen molar-refractivity contribution < 1.29 is 4.79 Å². The molecule has 0 aliphatic carbocycles. The summed E-state index contributed by atoms with van der Waals surface area (Å²) in [6.07, 6.45) is 2.35. The predicted octanol–water partition coefficient (Wildman–Crippen LogP) is 3.35. The Bertz CT molecular complexity index is 748. The predicted molar refractivity (Wildman–Crippen MR) is 94.2 cm³/mol. The summed E-state index contributed by atoms with van der Waals surface area (Å²) in [6.45, 7) is 1.39. The number of benzene rings is 1. The van der Waals surface area contributed by atoms with Gasteiger partial charge in [0.1, 0.15) is 5.02 Å². The second kappa shape index (κ2) is 7.23. The van der Waals surface area contributed by atoms with Crippen LogP contribution in [0, 0.1) is 0 Å². The monoisotopic (exact) mass is 348 g/mol. The van der Waals surface area contributed by atoms with Gasteiger partial charge in [0.2, 0.25) is 0 Å². The third kappa shape index (κ3) is 3.79. The molecule has 1 amide bonds. The van der Waals surface area contributed by atoms with E-state index in [1.165, 1.54) is 17.8 Å². The van der Waals surface area contributed by atoms with Gasteiger partial charge in [-0.25, -0.2) is 0 Å². The average molecular weight is 349 g/mol. The van der Waals surface area contributed by atoms with Crippen molar-refractivity contribution in [3.05, 3.63) is 69.1 Å². The molecule has 120 valence electrons. The van der Waals surface area contributed by atoms with E-state index in [2.05, 4.69) is 17.1 Å². The van der Waals surface area contributed by atoms with Crippen molar-refractivity contribution in [1.29, 1.82) is 0 Å². The molecule has 1 fully saturated rings. The summed E-state index contributed by atoms with van der Waals surface area (Å²) in [5, 5.41) is 0.454. The van der Waals surface area contributed by atoms with Gasteiger partial charge >= 0.3 is 0 Å². The average Bonchev–Trinajstić information content (AvgIpc) is 2.83. The minimum atomic E-state index is -0.376. The third-order valence-electron chi connectivity index (χ3n) is 3.90. The van der Waals surface area contributed by atoms with Crippen LogP contribution < -0.4 is 5.56 Å². The number of aromatic amines is 1. The highest BCUT2D eigenvalue weighted by atomic mass is 35.5. The molecule has 2 heterocycles. The SMILES string of the molecule is O=C(c1c[nH]c(=O)c(Cl)c1)N1CCS[C@H](c2ccccc2)CC1. The number of thioether (sulfide) groups is 1. The number of carbonyl (C=O) groups is 1. The zero-order valence-electron chi connectivity index (χ0n) is 12.5. The minimum Gasteiger partial charge on any atom is -0.338 e. The van der Waals surface area contributed by atoms with Crippen LogP contribution in [0.15, 0.2) is 47.4 Å². The van der Waals surface area contributed by atoms with Crippen LogP contribution in [0.3, 0.4) is 0 Å². The molecule has 1 aliphatic heterocycles. The molecule has 1 aliphatic rings. The highest BCUT2D eigenvalue weighted by Crippen LogP contribution is 2.34. The molecule has 1 atom stereocenters. The molecule has 1 aromatic carbocycles. The molecule has 0 saturated carbocycles. The van der Waals surface area contributed by atoms with Crippen molar-refractivity contribution in [2.75, 3.05) is 18.8 Å². The second-order valence-corrected chi connectivity index (χ2v) is 7.13. The lowest BCUT2D eigenvalue weighted by atomic mass is 10.1. The standard InChI is InChI=1S/C17H17ClN2O2S/c18-14-10-13(11-19-16(14)21)17(22)20-7-6-15(23-9-8-20)12-4-2-1-3-5-12/h1-5,10-11,15H,6-9H2,(H,19,21)/t15-/m0/s1. The van der Waals surface area contributed by atoms with E-state index in [4.69, 9.17) is 11.6 Å². The zero-order chi connectivity index (χ0) is 16.2. The molecule has 0 radical (unpaired) electrons. The first-order valence-corrected chi connectivity index (χ1v) is 8.92. The van der Waals surface area contributed by atoms with E-state index < -0.39 is 0 Å². The second-order valence-electron chi connectivity index (χ2n) is 5.42. The number of hydrogen-bond donors (Lipinski definition) is 1. The molecule has 0 bridgehead atoms. The third-order valence-corrected chi connectivity index (χ3v) is 5.51. The molecule has 2 aromatic rings.